The van der Waals surface area contributed by atoms with Crippen LogP contribution < -0.4 is 10.2 Å². The standard InChI is InChI=1S/2C16H36N.C6H10O4.H2O/c2*1-5-9-13-17(14-10-6-2,15-11-7-3)16-12-8-4;7-5(8)3-1-2-4-6(9)10;/h2*5-16H2,1-4H3;1-4H2,(H,7,8)(H,9,10);1H2/q2*+1;;/p-2. The number of carbonyl (C=O) groups excluding carboxylic acids is 2. The number of aliphatic carboxylic acids is 2. The Morgan fingerprint density at radius 3 is 0.622 bits per heavy atom. The third kappa shape index (κ3) is 34.0. The minimum Gasteiger partial charge on any atom is -0.550 e. The fourth-order valence-corrected chi connectivity index (χ4v) is 5.83. The predicted octanol–water partition coefficient (Wildman–Crippen LogP) is 7.23. The molecular formula is C38H82N2O5. The van der Waals surface area contributed by atoms with Crippen molar-refractivity contribution in [2.24, 2.45) is 0 Å². The molecule has 0 amide bonds. The summed E-state index contributed by atoms with van der Waals surface area (Å²) in [5.41, 5.74) is 0. The molecule has 0 unspecified atom stereocenters. The molecule has 0 heterocycles. The van der Waals surface area contributed by atoms with Crippen LogP contribution in [0.1, 0.15) is 184 Å². The van der Waals surface area contributed by atoms with Gasteiger partial charge in [-0.05, 0) is 77.0 Å². The Labute approximate surface area is 282 Å². The maximum atomic E-state index is 9.77. The van der Waals surface area contributed by atoms with E-state index >= 15 is 0 Å². The van der Waals surface area contributed by atoms with E-state index in [2.05, 4.69) is 55.4 Å². The minimum atomic E-state index is -1.14. The summed E-state index contributed by atoms with van der Waals surface area (Å²) in [5, 5.41) is 19.5. The van der Waals surface area contributed by atoms with Gasteiger partial charge in [-0.1, -0.05) is 107 Å². The van der Waals surface area contributed by atoms with Crippen molar-refractivity contribution in [2.75, 3.05) is 52.4 Å². The molecule has 0 aliphatic rings. The van der Waals surface area contributed by atoms with Crippen molar-refractivity contribution in [3.05, 3.63) is 0 Å². The van der Waals surface area contributed by atoms with Gasteiger partial charge in [0.2, 0.25) is 0 Å². The number of rotatable bonds is 29. The van der Waals surface area contributed by atoms with Crippen LogP contribution in [0.2, 0.25) is 0 Å². The first-order valence-electron chi connectivity index (χ1n) is 19.2. The van der Waals surface area contributed by atoms with Crippen LogP contribution in [-0.4, -0.2) is 78.7 Å². The van der Waals surface area contributed by atoms with Crippen molar-refractivity contribution < 1.29 is 34.2 Å². The van der Waals surface area contributed by atoms with Crippen LogP contribution in [-0.2, 0) is 9.59 Å². The number of nitrogens with zero attached hydrogens (tertiary/aromatic N) is 2. The van der Waals surface area contributed by atoms with Crippen LogP contribution in [0.3, 0.4) is 0 Å². The number of hydrogen-bond acceptors (Lipinski definition) is 4. The summed E-state index contributed by atoms with van der Waals surface area (Å²) < 4.78 is 2.84. The molecule has 45 heavy (non-hydrogen) atoms. The topological polar surface area (TPSA) is 112 Å². The lowest BCUT2D eigenvalue weighted by Crippen LogP contribution is -2.50. The van der Waals surface area contributed by atoms with E-state index in [9.17, 15) is 19.8 Å². The summed E-state index contributed by atoms with van der Waals surface area (Å²) in [7, 11) is 0. The second-order valence-corrected chi connectivity index (χ2v) is 13.3. The summed E-state index contributed by atoms with van der Waals surface area (Å²) in [5.74, 6) is -2.28. The average Bonchev–Trinajstić information content (AvgIpc) is 3.02. The van der Waals surface area contributed by atoms with Crippen LogP contribution in [0, 0.1) is 0 Å². The van der Waals surface area contributed by atoms with E-state index in [0.717, 1.165) is 0 Å². The van der Waals surface area contributed by atoms with Gasteiger partial charge in [-0.2, -0.15) is 0 Å². The van der Waals surface area contributed by atoms with E-state index in [1.54, 1.807) is 0 Å². The summed E-state index contributed by atoms with van der Waals surface area (Å²) in [6.45, 7) is 30.0. The Kier molecular flexibility index (Phi) is 42.0. The van der Waals surface area contributed by atoms with Crippen molar-refractivity contribution in [3.63, 3.8) is 0 Å². The molecule has 0 bridgehead atoms. The molecular weight excluding hydrogens is 564 g/mol. The number of carboxylic acids is 2. The van der Waals surface area contributed by atoms with Gasteiger partial charge in [-0.3, -0.25) is 0 Å². The van der Waals surface area contributed by atoms with Gasteiger partial charge in [0.25, 0.3) is 0 Å². The Bertz CT molecular complexity index is 488. The summed E-state index contributed by atoms with van der Waals surface area (Å²) in [6.07, 6.45) is 22.7. The van der Waals surface area contributed by atoms with E-state index in [1.165, 1.54) is 164 Å². The number of carboxylic acid groups (broad SMARTS) is 2. The Morgan fingerprint density at radius 1 is 0.356 bits per heavy atom. The average molecular weight is 647 g/mol. The smallest absolute Gasteiger partial charge is 0.0786 e. The molecule has 274 valence electrons. The second-order valence-electron chi connectivity index (χ2n) is 13.3. The molecule has 0 rings (SSSR count). The maximum Gasteiger partial charge on any atom is 0.0786 e. The van der Waals surface area contributed by atoms with E-state index in [0.29, 0.717) is 12.8 Å². The molecule has 0 spiro atoms. The van der Waals surface area contributed by atoms with Crippen molar-refractivity contribution in [1.82, 2.24) is 0 Å². The Balaban J connectivity index is -0.000000287. The molecule has 0 fully saturated rings. The zero-order valence-electron chi connectivity index (χ0n) is 31.8. The van der Waals surface area contributed by atoms with E-state index in [-0.39, 0.29) is 18.3 Å². The molecule has 0 saturated heterocycles. The van der Waals surface area contributed by atoms with Crippen LogP contribution in [0.5, 0.6) is 0 Å². The van der Waals surface area contributed by atoms with Gasteiger partial charge in [-0.15, -0.1) is 0 Å². The van der Waals surface area contributed by atoms with E-state index in [4.69, 9.17) is 0 Å². The van der Waals surface area contributed by atoms with Crippen molar-refractivity contribution >= 4 is 11.9 Å². The molecule has 7 heteroatoms. The summed E-state index contributed by atoms with van der Waals surface area (Å²) in [6, 6.07) is 0. The molecule has 0 saturated carbocycles. The van der Waals surface area contributed by atoms with Gasteiger partial charge in [0.15, 0.2) is 0 Å². The maximum absolute atomic E-state index is 9.77. The van der Waals surface area contributed by atoms with Gasteiger partial charge in [-0.25, -0.2) is 0 Å². The monoisotopic (exact) mass is 647 g/mol. The number of quaternary nitrogens is 2. The lowest BCUT2D eigenvalue weighted by molar-refractivity contribution is -0.929. The van der Waals surface area contributed by atoms with Crippen LogP contribution >= 0.6 is 0 Å². The highest BCUT2D eigenvalue weighted by atomic mass is 16.4. The second kappa shape index (κ2) is 37.3. The Hall–Kier alpha value is -1.18. The molecule has 0 radical (unpaired) electrons. The largest absolute Gasteiger partial charge is 0.550 e. The van der Waals surface area contributed by atoms with Gasteiger partial charge < -0.3 is 34.2 Å². The van der Waals surface area contributed by atoms with Crippen LogP contribution in [0.4, 0.5) is 0 Å². The van der Waals surface area contributed by atoms with Gasteiger partial charge in [0.1, 0.15) is 0 Å². The summed E-state index contributed by atoms with van der Waals surface area (Å²) in [4.78, 5) is 19.5. The third-order valence-electron chi connectivity index (χ3n) is 8.90. The molecule has 0 aliphatic carbocycles. The first-order valence-corrected chi connectivity index (χ1v) is 19.2. The van der Waals surface area contributed by atoms with Gasteiger partial charge in [0, 0.05) is 11.9 Å². The minimum absolute atomic E-state index is 0. The quantitative estimate of drug-likeness (QED) is 0.0630. The zero-order chi connectivity index (χ0) is 34.0. The predicted molar refractivity (Wildman–Crippen MR) is 191 cm³/mol. The first kappa shape index (κ1) is 50.7. The highest BCUT2D eigenvalue weighted by molar-refractivity contribution is 5.65. The highest BCUT2D eigenvalue weighted by Gasteiger charge is 2.25. The number of carbonyl (C=O) groups is 2. The highest BCUT2D eigenvalue weighted by Crippen LogP contribution is 2.17. The number of unbranched alkanes of at least 4 members (excludes halogenated alkanes) is 9. The van der Waals surface area contributed by atoms with E-state index in [1.807, 2.05) is 0 Å². The number of hydrogen-bond donors (Lipinski definition) is 0. The molecule has 2 N–H and O–H groups in total. The zero-order valence-corrected chi connectivity index (χ0v) is 31.8. The molecule has 0 aromatic heterocycles. The van der Waals surface area contributed by atoms with E-state index < -0.39 is 11.9 Å². The lowest BCUT2D eigenvalue weighted by Gasteiger charge is -2.39. The molecule has 0 aromatic rings. The fraction of sp³-hybridized carbons (Fsp3) is 0.947. The molecule has 0 atom stereocenters. The fourth-order valence-electron chi connectivity index (χ4n) is 5.83. The normalized spacial score (nSPS) is 11.1. The van der Waals surface area contributed by atoms with Gasteiger partial charge in [0.05, 0.1) is 52.4 Å². The van der Waals surface area contributed by atoms with Gasteiger partial charge >= 0.3 is 0 Å². The molecule has 0 aliphatic heterocycles. The molecule has 0 aromatic carbocycles. The Morgan fingerprint density at radius 2 is 0.511 bits per heavy atom. The van der Waals surface area contributed by atoms with Crippen LogP contribution in [0.15, 0.2) is 0 Å². The lowest BCUT2D eigenvalue weighted by atomic mass is 10.1. The van der Waals surface area contributed by atoms with Crippen molar-refractivity contribution in [3.8, 4) is 0 Å². The molecule has 7 nitrogen and oxygen atoms in total. The third-order valence-corrected chi connectivity index (χ3v) is 8.90. The van der Waals surface area contributed by atoms with Crippen molar-refractivity contribution in [2.45, 2.75) is 184 Å². The SMILES string of the molecule is CCCC[N+](CCCC)(CCCC)CCCC.CCCC[N+](CCCC)(CCCC)CCCC.O.O=C([O-])CCCCC(=O)[O-]. The summed E-state index contributed by atoms with van der Waals surface area (Å²) >= 11 is 0. The van der Waals surface area contributed by atoms with Crippen molar-refractivity contribution in [1.29, 1.82) is 0 Å². The van der Waals surface area contributed by atoms with Crippen LogP contribution in [0.25, 0.3) is 0 Å². The first-order chi connectivity index (χ1) is 21.1.